The van der Waals surface area contributed by atoms with Crippen molar-refractivity contribution in [2.75, 3.05) is 13.2 Å². The van der Waals surface area contributed by atoms with Gasteiger partial charge in [-0.1, -0.05) is 31.2 Å². The van der Waals surface area contributed by atoms with Crippen LogP contribution < -0.4 is 0 Å². The molecule has 1 N–H and O–H groups in total. The van der Waals surface area contributed by atoms with E-state index in [1.165, 1.54) is 0 Å². The van der Waals surface area contributed by atoms with Gasteiger partial charge in [-0.25, -0.2) is 0 Å². The molecule has 0 unspecified atom stereocenters. The number of carbonyl (C=O) groups excluding carboxylic acids is 1. The fraction of sp³-hybridized carbons (Fsp3) is 0.667. The zero-order chi connectivity index (χ0) is 13.0. The highest BCUT2D eigenvalue weighted by Gasteiger charge is 2.48. The average Bonchev–Trinajstić information content (AvgIpc) is 2.98. The van der Waals surface area contributed by atoms with Crippen molar-refractivity contribution in [3.63, 3.8) is 0 Å². The first-order chi connectivity index (χ1) is 8.77. The van der Waals surface area contributed by atoms with Gasteiger partial charge in [-0.05, 0) is 31.1 Å². The van der Waals surface area contributed by atoms with Gasteiger partial charge in [-0.15, -0.1) is 0 Å². The smallest absolute Gasteiger partial charge is 0.309 e. The van der Waals surface area contributed by atoms with Crippen molar-refractivity contribution >= 4 is 5.97 Å². The molecule has 0 amide bonds. The van der Waals surface area contributed by atoms with E-state index in [0.717, 1.165) is 19.3 Å². The van der Waals surface area contributed by atoms with Crippen molar-refractivity contribution in [3.8, 4) is 0 Å². The van der Waals surface area contributed by atoms with E-state index in [1.54, 1.807) is 0 Å². The van der Waals surface area contributed by atoms with Gasteiger partial charge in [0.1, 0.15) is 0 Å². The summed E-state index contributed by atoms with van der Waals surface area (Å²) in [6.07, 6.45) is 11.2. The molecule has 1 fully saturated rings. The van der Waals surface area contributed by atoms with Gasteiger partial charge in [0.2, 0.25) is 0 Å². The molecule has 2 bridgehead atoms. The lowest BCUT2D eigenvalue weighted by atomic mass is 9.83. The number of hydrogen-bond donors (Lipinski definition) is 1. The number of fused-ring (bicyclic) bond motifs is 2. The summed E-state index contributed by atoms with van der Waals surface area (Å²) in [7, 11) is 0. The van der Waals surface area contributed by atoms with E-state index in [2.05, 4.69) is 25.2 Å². The lowest BCUT2D eigenvalue weighted by molar-refractivity contribution is -0.151. The van der Waals surface area contributed by atoms with Crippen molar-refractivity contribution < 1.29 is 14.6 Å². The molecule has 18 heavy (non-hydrogen) atoms. The normalized spacial score (nSPS) is 33.4. The van der Waals surface area contributed by atoms with Crippen LogP contribution in [0.5, 0.6) is 0 Å². The molecule has 2 aliphatic carbocycles. The molecule has 0 aromatic rings. The van der Waals surface area contributed by atoms with E-state index in [-0.39, 0.29) is 30.3 Å². The Morgan fingerprint density at radius 1 is 1.39 bits per heavy atom. The van der Waals surface area contributed by atoms with Gasteiger partial charge in [-0.2, -0.15) is 0 Å². The molecule has 0 radical (unpaired) electrons. The molecule has 3 nitrogen and oxygen atoms in total. The van der Waals surface area contributed by atoms with E-state index in [4.69, 9.17) is 4.74 Å². The average molecular weight is 250 g/mol. The van der Waals surface area contributed by atoms with E-state index in [9.17, 15) is 9.90 Å². The summed E-state index contributed by atoms with van der Waals surface area (Å²) >= 11 is 0. The summed E-state index contributed by atoms with van der Waals surface area (Å²) in [4.78, 5) is 12.0. The highest BCUT2D eigenvalue weighted by Crippen LogP contribution is 2.48. The standard InChI is InChI=1S/C15H22O3/c1-2-3-4-5-8-18-15(17)14-12-7-6-11(9-12)13(14)10-16/h3-4,6-7,11-14,16H,2,5,8-10H2,1H3/b4-3-/t11-,12+,13-,14+/m1/s1. The summed E-state index contributed by atoms with van der Waals surface area (Å²) in [5.74, 6) is 0.470. The molecule has 2 aliphatic rings. The van der Waals surface area contributed by atoms with Crippen LogP contribution in [0.15, 0.2) is 24.3 Å². The number of ether oxygens (including phenoxy) is 1. The third-order valence-corrected chi connectivity index (χ3v) is 4.04. The van der Waals surface area contributed by atoms with Gasteiger partial charge >= 0.3 is 5.97 Å². The van der Waals surface area contributed by atoms with Crippen molar-refractivity contribution in [2.24, 2.45) is 23.7 Å². The summed E-state index contributed by atoms with van der Waals surface area (Å²) in [6.45, 7) is 2.61. The lowest BCUT2D eigenvalue weighted by Crippen LogP contribution is -2.31. The number of carbonyl (C=O) groups is 1. The van der Waals surface area contributed by atoms with Crippen LogP contribution in [0.2, 0.25) is 0 Å². The Kier molecular flexibility index (Phi) is 4.59. The second kappa shape index (κ2) is 6.19. The largest absolute Gasteiger partial charge is 0.465 e. The van der Waals surface area contributed by atoms with Crippen LogP contribution in [0.25, 0.3) is 0 Å². The summed E-state index contributed by atoms with van der Waals surface area (Å²) in [5.41, 5.74) is 0. The molecule has 0 aromatic carbocycles. The summed E-state index contributed by atoms with van der Waals surface area (Å²) in [5, 5.41) is 9.40. The van der Waals surface area contributed by atoms with Crippen molar-refractivity contribution in [1.29, 1.82) is 0 Å². The zero-order valence-electron chi connectivity index (χ0n) is 10.9. The molecule has 0 spiro atoms. The Labute approximate surface area is 109 Å². The topological polar surface area (TPSA) is 46.5 Å². The Morgan fingerprint density at radius 3 is 2.89 bits per heavy atom. The molecule has 0 aromatic heterocycles. The van der Waals surface area contributed by atoms with Gasteiger partial charge < -0.3 is 9.84 Å². The molecule has 0 aliphatic heterocycles. The van der Waals surface area contributed by atoms with Crippen LogP contribution in [0.4, 0.5) is 0 Å². The fourth-order valence-electron chi connectivity index (χ4n) is 3.13. The molecule has 100 valence electrons. The molecule has 1 saturated carbocycles. The number of esters is 1. The molecule has 4 atom stereocenters. The minimum Gasteiger partial charge on any atom is -0.465 e. The minimum atomic E-state index is -0.129. The van der Waals surface area contributed by atoms with Crippen molar-refractivity contribution in [3.05, 3.63) is 24.3 Å². The van der Waals surface area contributed by atoms with E-state index < -0.39 is 0 Å². The molecule has 0 saturated heterocycles. The third kappa shape index (κ3) is 2.66. The van der Waals surface area contributed by atoms with E-state index in [1.807, 2.05) is 6.08 Å². The van der Waals surface area contributed by atoms with Crippen LogP contribution in [0, 0.1) is 23.7 Å². The summed E-state index contributed by atoms with van der Waals surface area (Å²) < 4.78 is 5.32. The maximum Gasteiger partial charge on any atom is 0.309 e. The zero-order valence-corrected chi connectivity index (χ0v) is 10.9. The molecular formula is C15H22O3. The van der Waals surface area contributed by atoms with E-state index >= 15 is 0 Å². The summed E-state index contributed by atoms with van der Waals surface area (Å²) in [6, 6.07) is 0. The number of aliphatic hydroxyl groups is 1. The van der Waals surface area contributed by atoms with Gasteiger partial charge in [-0.3, -0.25) is 4.79 Å². The van der Waals surface area contributed by atoms with E-state index in [0.29, 0.717) is 12.5 Å². The second-order valence-corrected chi connectivity index (χ2v) is 5.16. The van der Waals surface area contributed by atoms with Crippen LogP contribution in [-0.4, -0.2) is 24.3 Å². The fourth-order valence-corrected chi connectivity index (χ4v) is 3.13. The number of allylic oxidation sites excluding steroid dienone is 3. The lowest BCUT2D eigenvalue weighted by Gasteiger charge is -2.24. The molecule has 2 rings (SSSR count). The van der Waals surface area contributed by atoms with Crippen LogP contribution in [0.1, 0.15) is 26.2 Å². The predicted molar refractivity (Wildman–Crippen MR) is 69.8 cm³/mol. The molecular weight excluding hydrogens is 228 g/mol. The van der Waals surface area contributed by atoms with Crippen molar-refractivity contribution in [2.45, 2.75) is 26.2 Å². The Hall–Kier alpha value is -1.09. The maximum absolute atomic E-state index is 12.0. The molecule has 0 heterocycles. The van der Waals surface area contributed by atoms with Gasteiger partial charge in [0.15, 0.2) is 0 Å². The first kappa shape index (κ1) is 13.3. The monoisotopic (exact) mass is 250 g/mol. The number of aliphatic hydroxyl groups excluding tert-OH is 1. The highest BCUT2D eigenvalue weighted by molar-refractivity contribution is 5.74. The first-order valence-electron chi connectivity index (χ1n) is 6.88. The first-order valence-corrected chi connectivity index (χ1v) is 6.88. The maximum atomic E-state index is 12.0. The SMILES string of the molecule is CC/C=C\CCOC(=O)[C@@H]1[C@H](CO)[C@@H]2C=C[C@H]1C2. The van der Waals surface area contributed by atoms with Crippen LogP contribution in [0.3, 0.4) is 0 Å². The molecule has 3 heteroatoms. The predicted octanol–water partition coefficient (Wildman–Crippen LogP) is 2.32. The van der Waals surface area contributed by atoms with Crippen LogP contribution in [-0.2, 0) is 9.53 Å². The van der Waals surface area contributed by atoms with Gasteiger partial charge in [0.05, 0.1) is 12.5 Å². The van der Waals surface area contributed by atoms with Gasteiger partial charge in [0.25, 0.3) is 0 Å². The third-order valence-electron chi connectivity index (χ3n) is 4.04. The number of hydrogen-bond acceptors (Lipinski definition) is 3. The quantitative estimate of drug-likeness (QED) is 0.447. The second-order valence-electron chi connectivity index (χ2n) is 5.16. The minimum absolute atomic E-state index is 0.0682. The van der Waals surface area contributed by atoms with Gasteiger partial charge in [0, 0.05) is 12.5 Å². The highest BCUT2D eigenvalue weighted by atomic mass is 16.5. The number of rotatable bonds is 6. The van der Waals surface area contributed by atoms with Crippen LogP contribution >= 0.6 is 0 Å². The Balaban J connectivity index is 1.82. The Morgan fingerprint density at radius 2 is 2.17 bits per heavy atom. The van der Waals surface area contributed by atoms with Crippen molar-refractivity contribution in [1.82, 2.24) is 0 Å². The Bertz CT molecular complexity index is 346.